The lowest BCUT2D eigenvalue weighted by Gasteiger charge is -2.21. The molecule has 2 aromatic carbocycles. The Morgan fingerprint density at radius 1 is 1.15 bits per heavy atom. The van der Waals surface area contributed by atoms with Gasteiger partial charge >= 0.3 is 0 Å². The normalized spacial score (nSPS) is 12.0. The Hall–Kier alpha value is -2.67. The van der Waals surface area contributed by atoms with Gasteiger partial charge < -0.3 is 4.90 Å². The molecule has 0 spiro atoms. The van der Waals surface area contributed by atoms with Gasteiger partial charge in [0.1, 0.15) is 0 Å². The van der Waals surface area contributed by atoms with Crippen molar-refractivity contribution in [3.8, 4) is 5.69 Å². The number of tetrazole rings is 1. The van der Waals surface area contributed by atoms with Crippen LogP contribution in [0.3, 0.4) is 0 Å². The van der Waals surface area contributed by atoms with Gasteiger partial charge in [-0.25, -0.2) is 0 Å². The second kappa shape index (κ2) is 8.14. The van der Waals surface area contributed by atoms with Crippen LogP contribution in [-0.2, 0) is 11.3 Å². The summed E-state index contributed by atoms with van der Waals surface area (Å²) in [6.45, 7) is 4.46. The predicted octanol–water partition coefficient (Wildman–Crippen LogP) is 3.11. The molecule has 0 saturated carbocycles. The molecule has 0 unspecified atom stereocenters. The van der Waals surface area contributed by atoms with Crippen LogP contribution >= 0.6 is 11.8 Å². The van der Waals surface area contributed by atoms with Crippen LogP contribution in [0.25, 0.3) is 5.69 Å². The summed E-state index contributed by atoms with van der Waals surface area (Å²) in [6.07, 6.45) is 0. The van der Waals surface area contributed by atoms with Gasteiger partial charge in [-0.1, -0.05) is 60.3 Å². The molecule has 1 heterocycles. The standard InChI is InChI=1S/C19H21N5OS/c1-14-9-7-8-12-17(14)24-19(20-21-22-24)26-15(2)18(25)23(3)13-16-10-5-4-6-11-16/h4-12,15H,13H2,1-3H3/t15-/m1/s1. The van der Waals surface area contributed by atoms with Gasteiger partial charge in [-0.05, 0) is 41.5 Å². The lowest BCUT2D eigenvalue weighted by Crippen LogP contribution is -2.33. The molecule has 1 atom stereocenters. The fourth-order valence-corrected chi connectivity index (χ4v) is 3.57. The largest absolute Gasteiger partial charge is 0.340 e. The van der Waals surface area contributed by atoms with Crippen LogP contribution in [-0.4, -0.2) is 43.3 Å². The van der Waals surface area contributed by atoms with Crippen LogP contribution < -0.4 is 0 Å². The number of rotatable bonds is 6. The molecule has 3 aromatic rings. The molecule has 1 aromatic heterocycles. The molecule has 6 nitrogen and oxygen atoms in total. The maximum Gasteiger partial charge on any atom is 0.235 e. The van der Waals surface area contributed by atoms with E-state index >= 15 is 0 Å². The number of nitrogens with zero attached hydrogens (tertiary/aromatic N) is 5. The summed E-state index contributed by atoms with van der Waals surface area (Å²) in [6, 6.07) is 17.8. The Labute approximate surface area is 157 Å². The summed E-state index contributed by atoms with van der Waals surface area (Å²) in [4.78, 5) is 14.4. The predicted molar refractivity (Wildman–Crippen MR) is 102 cm³/mol. The highest BCUT2D eigenvalue weighted by molar-refractivity contribution is 8.00. The Kier molecular flexibility index (Phi) is 5.68. The first kappa shape index (κ1) is 18.1. The third-order valence-electron chi connectivity index (χ3n) is 4.05. The number of hydrogen-bond donors (Lipinski definition) is 0. The Balaban J connectivity index is 1.70. The molecule has 0 aliphatic rings. The summed E-state index contributed by atoms with van der Waals surface area (Å²) < 4.78 is 1.68. The van der Waals surface area contributed by atoms with Gasteiger partial charge in [-0.3, -0.25) is 4.79 Å². The molecule has 26 heavy (non-hydrogen) atoms. The number of benzene rings is 2. The SMILES string of the molecule is Cc1ccccc1-n1nnnc1S[C@H](C)C(=O)N(C)Cc1ccccc1. The number of aryl methyl sites for hydroxylation is 1. The van der Waals surface area contributed by atoms with Gasteiger partial charge in [-0.15, -0.1) is 5.10 Å². The fourth-order valence-electron chi connectivity index (χ4n) is 2.66. The van der Waals surface area contributed by atoms with Crippen LogP contribution in [0.4, 0.5) is 0 Å². The lowest BCUT2D eigenvalue weighted by atomic mass is 10.2. The maximum absolute atomic E-state index is 12.7. The Morgan fingerprint density at radius 2 is 1.85 bits per heavy atom. The average molecular weight is 367 g/mol. The Morgan fingerprint density at radius 3 is 2.58 bits per heavy atom. The summed E-state index contributed by atoms with van der Waals surface area (Å²) in [5.74, 6) is 0.0400. The van der Waals surface area contributed by atoms with Crippen molar-refractivity contribution < 1.29 is 4.79 Å². The van der Waals surface area contributed by atoms with E-state index in [2.05, 4.69) is 15.5 Å². The molecule has 0 aliphatic carbocycles. The van der Waals surface area contributed by atoms with Gasteiger partial charge in [0.05, 0.1) is 10.9 Å². The number of para-hydroxylation sites is 1. The topological polar surface area (TPSA) is 63.9 Å². The molecular weight excluding hydrogens is 346 g/mol. The molecule has 0 fully saturated rings. The smallest absolute Gasteiger partial charge is 0.235 e. The van der Waals surface area contributed by atoms with Crippen LogP contribution in [0.2, 0.25) is 0 Å². The molecule has 134 valence electrons. The molecule has 0 bridgehead atoms. The molecule has 7 heteroatoms. The van der Waals surface area contributed by atoms with Crippen LogP contribution in [0.5, 0.6) is 0 Å². The minimum atomic E-state index is -0.294. The first-order chi connectivity index (χ1) is 12.6. The second-order valence-electron chi connectivity index (χ2n) is 6.10. The van der Waals surface area contributed by atoms with Crippen molar-refractivity contribution in [1.82, 2.24) is 25.1 Å². The molecule has 0 aliphatic heterocycles. The summed E-state index contributed by atoms with van der Waals surface area (Å²) in [7, 11) is 1.82. The van der Waals surface area contributed by atoms with Crippen LogP contribution in [0.1, 0.15) is 18.1 Å². The summed E-state index contributed by atoms with van der Waals surface area (Å²) >= 11 is 1.36. The number of carbonyl (C=O) groups excluding carboxylic acids is 1. The zero-order valence-corrected chi connectivity index (χ0v) is 15.8. The monoisotopic (exact) mass is 367 g/mol. The first-order valence-electron chi connectivity index (χ1n) is 8.36. The van der Waals surface area contributed by atoms with Crippen molar-refractivity contribution in [1.29, 1.82) is 0 Å². The van der Waals surface area contributed by atoms with E-state index in [9.17, 15) is 4.79 Å². The van der Waals surface area contributed by atoms with Crippen molar-refractivity contribution >= 4 is 17.7 Å². The van der Waals surface area contributed by atoms with E-state index in [1.807, 2.05) is 75.5 Å². The first-order valence-corrected chi connectivity index (χ1v) is 9.24. The van der Waals surface area contributed by atoms with E-state index in [1.165, 1.54) is 11.8 Å². The van der Waals surface area contributed by atoms with Crippen molar-refractivity contribution in [3.05, 3.63) is 65.7 Å². The molecule has 0 radical (unpaired) electrons. The molecular formula is C19H21N5OS. The third-order valence-corrected chi connectivity index (χ3v) is 5.07. The van der Waals surface area contributed by atoms with E-state index in [4.69, 9.17) is 0 Å². The van der Waals surface area contributed by atoms with E-state index in [-0.39, 0.29) is 11.2 Å². The van der Waals surface area contributed by atoms with Gasteiger partial charge in [-0.2, -0.15) is 4.68 Å². The second-order valence-corrected chi connectivity index (χ2v) is 7.41. The van der Waals surface area contributed by atoms with E-state index in [0.29, 0.717) is 11.7 Å². The van der Waals surface area contributed by atoms with Crippen LogP contribution in [0.15, 0.2) is 59.8 Å². The minimum Gasteiger partial charge on any atom is -0.340 e. The highest BCUT2D eigenvalue weighted by atomic mass is 32.2. The number of thioether (sulfide) groups is 1. The maximum atomic E-state index is 12.7. The minimum absolute atomic E-state index is 0.0400. The highest BCUT2D eigenvalue weighted by Gasteiger charge is 2.22. The quantitative estimate of drug-likeness (QED) is 0.627. The number of hydrogen-bond acceptors (Lipinski definition) is 5. The lowest BCUT2D eigenvalue weighted by molar-refractivity contribution is -0.129. The summed E-state index contributed by atoms with van der Waals surface area (Å²) in [5, 5.41) is 12.3. The van der Waals surface area contributed by atoms with E-state index in [1.54, 1.807) is 9.58 Å². The fraction of sp³-hybridized carbons (Fsp3) is 0.263. The summed E-state index contributed by atoms with van der Waals surface area (Å²) in [5.41, 5.74) is 3.09. The Bertz CT molecular complexity index is 880. The molecule has 0 N–H and O–H groups in total. The zero-order valence-electron chi connectivity index (χ0n) is 15.0. The molecule has 1 amide bonds. The molecule has 0 saturated heterocycles. The van der Waals surface area contributed by atoms with Crippen molar-refractivity contribution in [2.45, 2.75) is 30.8 Å². The van der Waals surface area contributed by atoms with E-state index < -0.39 is 0 Å². The van der Waals surface area contributed by atoms with E-state index in [0.717, 1.165) is 16.8 Å². The van der Waals surface area contributed by atoms with Gasteiger partial charge in [0, 0.05) is 13.6 Å². The van der Waals surface area contributed by atoms with Gasteiger partial charge in [0.2, 0.25) is 11.1 Å². The van der Waals surface area contributed by atoms with Crippen molar-refractivity contribution in [3.63, 3.8) is 0 Å². The van der Waals surface area contributed by atoms with Crippen LogP contribution in [0, 0.1) is 6.92 Å². The number of carbonyl (C=O) groups is 1. The van der Waals surface area contributed by atoms with Crippen molar-refractivity contribution in [2.75, 3.05) is 7.05 Å². The average Bonchev–Trinajstić information content (AvgIpc) is 3.10. The van der Waals surface area contributed by atoms with Crippen molar-refractivity contribution in [2.24, 2.45) is 0 Å². The highest BCUT2D eigenvalue weighted by Crippen LogP contribution is 2.25. The zero-order chi connectivity index (χ0) is 18.5. The number of aromatic nitrogens is 4. The number of amides is 1. The van der Waals surface area contributed by atoms with Gasteiger partial charge in [0.25, 0.3) is 0 Å². The van der Waals surface area contributed by atoms with Gasteiger partial charge in [0.15, 0.2) is 0 Å². The molecule has 3 rings (SSSR count). The third kappa shape index (κ3) is 4.11.